The lowest BCUT2D eigenvalue weighted by molar-refractivity contribution is -0.274. The van der Waals surface area contributed by atoms with Crippen LogP contribution in [-0.4, -0.2) is 55.2 Å². The summed E-state index contributed by atoms with van der Waals surface area (Å²) in [6, 6.07) is 18.4. The first-order valence-electron chi connectivity index (χ1n) is 11.5. The smallest absolute Gasteiger partial charge is 0.406 e. The molecule has 0 aromatic heterocycles. The van der Waals surface area contributed by atoms with Gasteiger partial charge in [0.2, 0.25) is 0 Å². The molecule has 1 saturated heterocycles. The number of halogens is 3. The first-order chi connectivity index (χ1) is 17.9. The van der Waals surface area contributed by atoms with Crippen LogP contribution in [0.5, 0.6) is 5.75 Å². The number of nitrogens with one attached hydrogen (secondary N) is 1. The van der Waals surface area contributed by atoms with Crippen LogP contribution in [0.1, 0.15) is 5.56 Å². The highest BCUT2D eigenvalue weighted by Gasteiger charge is 2.31. The number of anilines is 3. The molecule has 0 spiro atoms. The van der Waals surface area contributed by atoms with Gasteiger partial charge in [0.25, 0.3) is 11.3 Å². The largest absolute Gasteiger partial charge is 0.573 e. The van der Waals surface area contributed by atoms with Crippen LogP contribution in [-0.2, 0) is 27.6 Å². The van der Waals surface area contributed by atoms with E-state index in [1.165, 1.54) is 35.6 Å². The summed E-state index contributed by atoms with van der Waals surface area (Å²) in [6.45, 7) is 1.07. The lowest BCUT2D eigenvalue weighted by Gasteiger charge is -2.29. The van der Waals surface area contributed by atoms with Gasteiger partial charge in [-0.25, -0.2) is 12.6 Å². The minimum atomic E-state index is -4.77. The van der Waals surface area contributed by atoms with Crippen molar-refractivity contribution in [3.05, 3.63) is 72.3 Å². The van der Waals surface area contributed by atoms with Gasteiger partial charge in [-0.1, -0.05) is 30.3 Å². The number of benzene rings is 3. The Hall–Kier alpha value is -3.29. The number of sulfone groups is 1. The summed E-state index contributed by atoms with van der Waals surface area (Å²) in [5.74, 6) is -0.116. The van der Waals surface area contributed by atoms with E-state index >= 15 is 0 Å². The molecule has 0 radical (unpaired) electrons. The number of hydrogen-bond donors (Lipinski definition) is 2. The van der Waals surface area contributed by atoms with Crippen LogP contribution in [0.15, 0.2) is 66.7 Å². The lowest BCUT2D eigenvalue weighted by atomic mass is 10.0. The van der Waals surface area contributed by atoms with Gasteiger partial charge in [-0.05, 0) is 53.1 Å². The number of nitrogens with zero attached hydrogens (tertiary/aromatic N) is 2. The number of alkyl halides is 3. The van der Waals surface area contributed by atoms with Gasteiger partial charge in [0.1, 0.15) is 5.75 Å². The molecule has 0 amide bonds. The molecule has 0 saturated carbocycles. The van der Waals surface area contributed by atoms with E-state index in [1.807, 2.05) is 35.2 Å². The van der Waals surface area contributed by atoms with Gasteiger partial charge in [-0.15, -0.1) is 13.2 Å². The van der Waals surface area contributed by atoms with Crippen LogP contribution in [0, 0.1) is 0 Å². The third-order valence-electron chi connectivity index (χ3n) is 6.10. The van der Waals surface area contributed by atoms with E-state index < -0.39 is 27.5 Å². The maximum atomic E-state index is 12.4. The average molecular weight is 570 g/mol. The molecule has 0 aliphatic carbocycles. The molecule has 1 aliphatic rings. The van der Waals surface area contributed by atoms with Crippen LogP contribution in [0.2, 0.25) is 0 Å². The Kier molecular flexibility index (Phi) is 8.19. The Morgan fingerprint density at radius 2 is 1.68 bits per heavy atom. The van der Waals surface area contributed by atoms with Crippen molar-refractivity contribution in [1.82, 2.24) is 0 Å². The highest BCUT2D eigenvalue weighted by atomic mass is 32.2. The molecule has 204 valence electrons. The van der Waals surface area contributed by atoms with Gasteiger partial charge in [0.15, 0.2) is 9.84 Å². The predicted octanol–water partition coefficient (Wildman–Crippen LogP) is 4.67. The minimum absolute atomic E-state index is 0.104. The molecule has 4 rings (SSSR count). The van der Waals surface area contributed by atoms with E-state index in [0.717, 1.165) is 16.8 Å². The highest BCUT2D eigenvalue weighted by Crippen LogP contribution is 2.34. The topological polar surface area (TPSA) is 99.2 Å². The zero-order valence-corrected chi connectivity index (χ0v) is 21.9. The normalized spacial score (nSPS) is 16.1. The Morgan fingerprint density at radius 1 is 1.03 bits per heavy atom. The summed E-state index contributed by atoms with van der Waals surface area (Å²) < 4.78 is 87.4. The predicted molar refractivity (Wildman–Crippen MR) is 142 cm³/mol. The lowest BCUT2D eigenvalue weighted by Crippen LogP contribution is -2.40. The van der Waals surface area contributed by atoms with Crippen molar-refractivity contribution in [2.45, 2.75) is 12.9 Å². The Morgan fingerprint density at radius 3 is 2.32 bits per heavy atom. The van der Waals surface area contributed by atoms with Crippen molar-refractivity contribution in [1.29, 1.82) is 0 Å². The number of hydrogen-bond acceptors (Lipinski definition) is 6. The van der Waals surface area contributed by atoms with Gasteiger partial charge in [-0.3, -0.25) is 8.86 Å². The molecular weight excluding hydrogens is 543 g/mol. The van der Waals surface area contributed by atoms with Gasteiger partial charge >= 0.3 is 6.36 Å². The van der Waals surface area contributed by atoms with Crippen molar-refractivity contribution >= 4 is 38.2 Å². The van der Waals surface area contributed by atoms with Crippen molar-refractivity contribution in [3.63, 3.8) is 0 Å². The van der Waals surface area contributed by atoms with E-state index in [4.69, 9.17) is 0 Å². The molecule has 8 nitrogen and oxygen atoms in total. The SMILES string of the molecule is CN(c1cc(-c2cccc(N3CCS(=O)(=O)CC3)c2)ccc1NCc1ccc(OC(F)(F)F)cc1)S(=O)O. The van der Waals surface area contributed by atoms with Crippen molar-refractivity contribution in [2.24, 2.45) is 0 Å². The summed E-state index contributed by atoms with van der Waals surface area (Å²) in [6.07, 6.45) is -4.77. The Bertz CT molecular complexity index is 1400. The zero-order valence-electron chi connectivity index (χ0n) is 20.3. The van der Waals surface area contributed by atoms with Gasteiger partial charge < -0.3 is 15.0 Å². The molecule has 3 aromatic carbocycles. The Balaban J connectivity index is 1.55. The van der Waals surface area contributed by atoms with Crippen molar-refractivity contribution < 1.29 is 35.1 Å². The molecular formula is C25H26F3N3O5S2. The third kappa shape index (κ3) is 7.17. The Labute approximate surface area is 221 Å². The molecule has 38 heavy (non-hydrogen) atoms. The summed E-state index contributed by atoms with van der Waals surface area (Å²) in [4.78, 5) is 2.02. The highest BCUT2D eigenvalue weighted by molar-refractivity contribution is 7.91. The van der Waals surface area contributed by atoms with Crippen LogP contribution < -0.4 is 19.3 Å². The molecule has 1 atom stereocenters. The maximum Gasteiger partial charge on any atom is 0.573 e. The van der Waals surface area contributed by atoms with Crippen LogP contribution in [0.25, 0.3) is 11.1 Å². The summed E-state index contributed by atoms with van der Waals surface area (Å²) in [7, 11) is -1.54. The maximum absolute atomic E-state index is 12.4. The molecule has 13 heteroatoms. The summed E-state index contributed by atoms with van der Waals surface area (Å²) in [5, 5.41) is 3.17. The van der Waals surface area contributed by atoms with Crippen LogP contribution in [0.4, 0.5) is 30.2 Å². The zero-order chi connectivity index (χ0) is 27.5. The molecule has 2 N–H and O–H groups in total. The van der Waals surface area contributed by atoms with E-state index in [-0.39, 0.29) is 23.8 Å². The third-order valence-corrected chi connectivity index (χ3v) is 8.37. The van der Waals surface area contributed by atoms with Gasteiger partial charge in [0, 0.05) is 32.4 Å². The summed E-state index contributed by atoms with van der Waals surface area (Å²) >= 11 is -2.31. The number of ether oxygens (including phenoxy) is 1. The van der Waals surface area contributed by atoms with Crippen molar-refractivity contribution in [3.8, 4) is 16.9 Å². The first kappa shape index (κ1) is 27.7. The quantitative estimate of drug-likeness (QED) is 0.381. The molecule has 1 aliphatic heterocycles. The fourth-order valence-corrected chi connectivity index (χ4v) is 5.58. The second-order valence-corrected chi connectivity index (χ2v) is 12.0. The second-order valence-electron chi connectivity index (χ2n) is 8.69. The van der Waals surface area contributed by atoms with E-state index in [9.17, 15) is 30.4 Å². The van der Waals surface area contributed by atoms with Gasteiger partial charge in [0.05, 0.1) is 22.9 Å². The monoisotopic (exact) mass is 569 g/mol. The number of rotatable bonds is 8. The van der Waals surface area contributed by atoms with Crippen molar-refractivity contribution in [2.75, 3.05) is 46.2 Å². The second kappa shape index (κ2) is 11.2. The molecule has 1 heterocycles. The van der Waals surface area contributed by atoms with E-state index in [0.29, 0.717) is 30.0 Å². The van der Waals surface area contributed by atoms with E-state index in [2.05, 4.69) is 10.1 Å². The van der Waals surface area contributed by atoms with Crippen LogP contribution in [0.3, 0.4) is 0 Å². The fraction of sp³-hybridized carbons (Fsp3) is 0.280. The molecule has 3 aromatic rings. The summed E-state index contributed by atoms with van der Waals surface area (Å²) in [5.41, 5.74) is 4.18. The molecule has 0 bridgehead atoms. The minimum Gasteiger partial charge on any atom is -0.406 e. The molecule has 1 fully saturated rings. The standard InChI is InChI=1S/C25H26F3N3O5S2/c1-30(37(32)33)24-16-20(19-3-2-4-21(15-19)31-11-13-38(34,35)14-12-31)7-10-23(24)29-17-18-5-8-22(9-6-18)36-25(26,27)28/h2-10,15-16,29H,11-14,17H2,1H3,(H,32,33). The molecule has 1 unspecified atom stereocenters. The first-order valence-corrected chi connectivity index (χ1v) is 14.4. The average Bonchev–Trinajstić information content (AvgIpc) is 2.87. The fourth-order valence-electron chi connectivity index (χ4n) is 4.06. The van der Waals surface area contributed by atoms with Crippen LogP contribution >= 0.6 is 0 Å². The van der Waals surface area contributed by atoms with Gasteiger partial charge in [-0.2, -0.15) is 0 Å². The van der Waals surface area contributed by atoms with E-state index in [1.54, 1.807) is 12.1 Å².